The van der Waals surface area contributed by atoms with Gasteiger partial charge in [-0.1, -0.05) is 48.5 Å². The van der Waals surface area contributed by atoms with Gasteiger partial charge in [-0.3, -0.25) is 4.79 Å². The van der Waals surface area contributed by atoms with E-state index in [0.717, 1.165) is 19.4 Å². The third-order valence-corrected chi connectivity index (χ3v) is 5.04. The number of carbonyl (C=O) groups excluding carboxylic acids is 1. The number of benzene rings is 2. The van der Waals surface area contributed by atoms with Crippen molar-refractivity contribution in [2.24, 2.45) is 0 Å². The van der Waals surface area contributed by atoms with Crippen LogP contribution >= 0.6 is 0 Å². The van der Waals surface area contributed by atoms with Crippen LogP contribution in [0.15, 0.2) is 60.8 Å². The van der Waals surface area contributed by atoms with Gasteiger partial charge in [0.2, 0.25) is 0 Å². The molecule has 1 fully saturated rings. The molecule has 2 heterocycles. The molecule has 4 rings (SSSR count). The van der Waals surface area contributed by atoms with Crippen molar-refractivity contribution in [3.05, 3.63) is 71.9 Å². The van der Waals surface area contributed by atoms with Gasteiger partial charge in [-0.25, -0.2) is 0 Å². The second kappa shape index (κ2) is 7.34. The third-order valence-electron chi connectivity index (χ3n) is 5.04. The van der Waals surface area contributed by atoms with Gasteiger partial charge < -0.3 is 14.4 Å². The molecule has 2 atom stereocenters. The molecule has 0 saturated carbocycles. The van der Waals surface area contributed by atoms with Gasteiger partial charge in [0.25, 0.3) is 0 Å². The van der Waals surface area contributed by atoms with E-state index in [-0.39, 0.29) is 18.5 Å². The smallest absolute Gasteiger partial charge is 0.308 e. The number of carbonyl (C=O) groups is 1. The van der Waals surface area contributed by atoms with E-state index in [1.165, 1.54) is 22.0 Å². The largest absolute Gasteiger partial charge is 0.462 e. The minimum absolute atomic E-state index is 0.118. The highest BCUT2D eigenvalue weighted by molar-refractivity contribution is 5.84. The second-order valence-corrected chi connectivity index (χ2v) is 7.03. The number of fused-ring (bicyclic) bond motifs is 1. The van der Waals surface area contributed by atoms with Gasteiger partial charge >= 0.3 is 5.97 Å². The van der Waals surface area contributed by atoms with E-state index in [1.54, 1.807) is 0 Å². The first kappa shape index (κ1) is 16.9. The van der Waals surface area contributed by atoms with Crippen LogP contribution in [0.1, 0.15) is 30.4 Å². The van der Waals surface area contributed by atoms with Crippen LogP contribution in [0.5, 0.6) is 0 Å². The minimum atomic E-state index is -0.569. The van der Waals surface area contributed by atoms with Gasteiger partial charge in [0, 0.05) is 30.1 Å². The van der Waals surface area contributed by atoms with E-state index in [4.69, 9.17) is 4.74 Å². The Bertz CT molecular complexity index is 900. The standard InChI is InChI=1S/C22H23NO3/c24-18-12-19(26-22(25)13-18)11-10-17-15-23(14-16-6-2-1-3-7-16)21-9-5-4-8-20(17)21/h1-9,15,18-19,24H,10-14H2/t18-,19-/m1/s1. The number of cyclic esters (lactones) is 1. The van der Waals surface area contributed by atoms with Crippen LogP contribution in [-0.4, -0.2) is 27.9 Å². The van der Waals surface area contributed by atoms with Crippen molar-refractivity contribution in [2.75, 3.05) is 0 Å². The van der Waals surface area contributed by atoms with Crippen molar-refractivity contribution < 1.29 is 14.6 Å². The van der Waals surface area contributed by atoms with Crippen LogP contribution in [0.25, 0.3) is 10.9 Å². The molecule has 26 heavy (non-hydrogen) atoms. The zero-order chi connectivity index (χ0) is 17.9. The van der Waals surface area contributed by atoms with E-state index in [9.17, 15) is 9.90 Å². The third kappa shape index (κ3) is 3.65. The Labute approximate surface area is 153 Å². The fraction of sp³-hybridized carbons (Fsp3) is 0.318. The maximum absolute atomic E-state index is 11.5. The quantitative estimate of drug-likeness (QED) is 0.715. The first-order valence-electron chi connectivity index (χ1n) is 9.17. The highest BCUT2D eigenvalue weighted by Crippen LogP contribution is 2.26. The first-order chi connectivity index (χ1) is 12.7. The number of aliphatic hydroxyl groups excluding tert-OH is 1. The van der Waals surface area contributed by atoms with Crippen molar-refractivity contribution in [2.45, 2.75) is 44.4 Å². The molecule has 0 unspecified atom stereocenters. The number of aryl methyl sites for hydroxylation is 1. The summed E-state index contributed by atoms with van der Waals surface area (Å²) in [7, 11) is 0. The molecule has 4 heteroatoms. The maximum atomic E-state index is 11.5. The molecule has 4 nitrogen and oxygen atoms in total. The van der Waals surface area contributed by atoms with Crippen LogP contribution < -0.4 is 0 Å². The number of hydrogen-bond acceptors (Lipinski definition) is 3. The lowest BCUT2D eigenvalue weighted by Gasteiger charge is -2.25. The van der Waals surface area contributed by atoms with Crippen LogP contribution in [0.2, 0.25) is 0 Å². The number of hydrogen-bond donors (Lipinski definition) is 1. The predicted octanol–water partition coefficient (Wildman–Crippen LogP) is 3.69. The van der Waals surface area contributed by atoms with E-state index in [2.05, 4.69) is 59.3 Å². The van der Waals surface area contributed by atoms with E-state index < -0.39 is 6.10 Å². The topological polar surface area (TPSA) is 51.5 Å². The van der Waals surface area contributed by atoms with Crippen LogP contribution in [0.3, 0.4) is 0 Å². The Morgan fingerprint density at radius 2 is 1.85 bits per heavy atom. The lowest BCUT2D eigenvalue weighted by molar-refractivity contribution is -0.160. The van der Waals surface area contributed by atoms with Crippen LogP contribution in [0, 0.1) is 0 Å². The average molecular weight is 349 g/mol. The van der Waals surface area contributed by atoms with Crippen molar-refractivity contribution in [3.8, 4) is 0 Å². The van der Waals surface area contributed by atoms with E-state index in [1.807, 2.05) is 6.07 Å². The number of aliphatic hydroxyl groups is 1. The Morgan fingerprint density at radius 1 is 1.08 bits per heavy atom. The number of esters is 1. The highest BCUT2D eigenvalue weighted by Gasteiger charge is 2.27. The molecule has 1 aromatic heterocycles. The SMILES string of the molecule is O=C1C[C@H](O)C[C@@H](CCc2cn(Cc3ccccc3)c3ccccc23)O1. The molecule has 0 aliphatic carbocycles. The molecular weight excluding hydrogens is 326 g/mol. The monoisotopic (exact) mass is 349 g/mol. The summed E-state index contributed by atoms with van der Waals surface area (Å²) in [6, 6.07) is 18.8. The van der Waals surface area contributed by atoms with Crippen LogP contribution in [0.4, 0.5) is 0 Å². The van der Waals surface area contributed by atoms with Crippen molar-refractivity contribution >= 4 is 16.9 Å². The number of para-hydroxylation sites is 1. The fourth-order valence-corrected chi connectivity index (χ4v) is 3.79. The summed E-state index contributed by atoms with van der Waals surface area (Å²) in [5.74, 6) is -0.291. The molecule has 0 amide bonds. The molecule has 134 valence electrons. The number of nitrogens with zero attached hydrogens (tertiary/aromatic N) is 1. The Balaban J connectivity index is 1.54. The van der Waals surface area contributed by atoms with Gasteiger partial charge in [-0.2, -0.15) is 0 Å². The summed E-state index contributed by atoms with van der Waals surface area (Å²) in [6.07, 6.45) is 3.66. The second-order valence-electron chi connectivity index (χ2n) is 7.03. The van der Waals surface area contributed by atoms with E-state index >= 15 is 0 Å². The summed E-state index contributed by atoms with van der Waals surface area (Å²) in [5.41, 5.74) is 3.74. The zero-order valence-electron chi connectivity index (χ0n) is 14.7. The first-order valence-corrected chi connectivity index (χ1v) is 9.17. The normalized spacial score (nSPS) is 20.3. The molecule has 0 radical (unpaired) electrons. The maximum Gasteiger partial charge on any atom is 0.308 e. The summed E-state index contributed by atoms with van der Waals surface area (Å²) in [6.45, 7) is 0.832. The summed E-state index contributed by atoms with van der Waals surface area (Å²) < 4.78 is 7.67. The Hall–Kier alpha value is -2.59. The lowest BCUT2D eigenvalue weighted by Crippen LogP contribution is -2.32. The van der Waals surface area contributed by atoms with Gasteiger partial charge in [0.1, 0.15) is 6.10 Å². The summed E-state index contributed by atoms with van der Waals surface area (Å²) in [4.78, 5) is 11.5. The molecule has 1 aliphatic heterocycles. The molecule has 0 bridgehead atoms. The lowest BCUT2D eigenvalue weighted by atomic mass is 9.99. The van der Waals surface area contributed by atoms with Crippen molar-refractivity contribution in [3.63, 3.8) is 0 Å². The number of rotatable bonds is 5. The van der Waals surface area contributed by atoms with E-state index in [0.29, 0.717) is 6.42 Å². The molecule has 3 aromatic rings. The molecule has 0 spiro atoms. The van der Waals surface area contributed by atoms with Crippen molar-refractivity contribution in [1.82, 2.24) is 4.57 Å². The van der Waals surface area contributed by atoms with Crippen molar-refractivity contribution in [1.29, 1.82) is 0 Å². The van der Waals surface area contributed by atoms with Crippen LogP contribution in [-0.2, 0) is 22.5 Å². The summed E-state index contributed by atoms with van der Waals surface area (Å²) >= 11 is 0. The predicted molar refractivity (Wildman–Crippen MR) is 101 cm³/mol. The Morgan fingerprint density at radius 3 is 2.65 bits per heavy atom. The molecule has 2 aromatic carbocycles. The molecular formula is C22H23NO3. The molecule has 1 aliphatic rings. The Kier molecular flexibility index (Phi) is 4.76. The average Bonchev–Trinajstić information content (AvgIpc) is 2.98. The van der Waals surface area contributed by atoms with Gasteiger partial charge in [-0.05, 0) is 30.0 Å². The minimum Gasteiger partial charge on any atom is -0.462 e. The van der Waals surface area contributed by atoms with Gasteiger partial charge in [-0.15, -0.1) is 0 Å². The highest BCUT2D eigenvalue weighted by atomic mass is 16.5. The number of aromatic nitrogens is 1. The summed E-state index contributed by atoms with van der Waals surface area (Å²) in [5, 5.41) is 11.0. The fourth-order valence-electron chi connectivity index (χ4n) is 3.79. The molecule has 1 saturated heterocycles. The molecule has 1 N–H and O–H groups in total. The van der Waals surface area contributed by atoms with Gasteiger partial charge in [0.05, 0.1) is 12.5 Å². The number of ether oxygens (including phenoxy) is 1. The van der Waals surface area contributed by atoms with Gasteiger partial charge in [0.15, 0.2) is 0 Å². The zero-order valence-corrected chi connectivity index (χ0v) is 14.7.